The lowest BCUT2D eigenvalue weighted by Crippen LogP contribution is -2.51. The molecule has 0 aromatic rings. The first kappa shape index (κ1) is 31.3. The van der Waals surface area contributed by atoms with E-state index in [2.05, 4.69) is 17.2 Å². The van der Waals surface area contributed by atoms with E-state index in [9.17, 15) is 24.3 Å². The van der Waals surface area contributed by atoms with Crippen molar-refractivity contribution in [2.75, 3.05) is 40.3 Å². The van der Waals surface area contributed by atoms with Crippen LogP contribution in [0, 0.1) is 0 Å². The zero-order valence-corrected chi connectivity index (χ0v) is 21.4. The molecule has 0 aromatic carbocycles. The molecule has 34 heavy (non-hydrogen) atoms. The van der Waals surface area contributed by atoms with E-state index in [1.165, 1.54) is 0 Å². The van der Waals surface area contributed by atoms with E-state index in [1.54, 1.807) is 20.0 Å². The number of nitrogens with one attached hydrogen (secondary N) is 2. The largest absolute Gasteiger partial charge is 0.481 e. The molecule has 9 nitrogen and oxygen atoms in total. The highest BCUT2D eigenvalue weighted by atomic mass is 16.5. The summed E-state index contributed by atoms with van der Waals surface area (Å²) in [5.74, 6) is -1.37. The van der Waals surface area contributed by atoms with Gasteiger partial charge in [-0.2, -0.15) is 0 Å². The van der Waals surface area contributed by atoms with Crippen LogP contribution in [-0.4, -0.2) is 80.1 Å². The minimum Gasteiger partial charge on any atom is -0.481 e. The molecule has 0 radical (unpaired) electrons. The van der Waals surface area contributed by atoms with Gasteiger partial charge in [-0.05, 0) is 33.1 Å². The molecule has 0 aliphatic heterocycles. The number of aliphatic carboxylic acids is 1. The predicted octanol–water partition coefficient (Wildman–Crippen LogP) is 2.56. The van der Waals surface area contributed by atoms with Crippen LogP contribution in [0.3, 0.4) is 0 Å². The van der Waals surface area contributed by atoms with Crippen LogP contribution in [0.2, 0.25) is 0 Å². The summed E-state index contributed by atoms with van der Waals surface area (Å²) in [5, 5.41) is 15.2. The van der Waals surface area contributed by atoms with Crippen molar-refractivity contribution in [3.63, 3.8) is 0 Å². The number of carbonyl (C=O) groups is 4. The molecule has 0 aliphatic carbocycles. The van der Waals surface area contributed by atoms with Crippen LogP contribution in [-0.2, 0) is 23.9 Å². The maximum Gasteiger partial charge on any atom is 0.333 e. The summed E-state index contributed by atoms with van der Waals surface area (Å²) < 4.78 is 5.57. The van der Waals surface area contributed by atoms with Gasteiger partial charge in [0.05, 0.1) is 39.7 Å². The third-order valence-corrected chi connectivity index (χ3v) is 5.68. The maximum absolute atomic E-state index is 12.3. The Balaban J connectivity index is 4.31. The molecule has 0 heterocycles. The Morgan fingerprint density at radius 2 is 1.76 bits per heavy atom. The van der Waals surface area contributed by atoms with E-state index in [-0.39, 0.29) is 25.0 Å². The number of nitrogens with zero attached hydrogens (tertiary/aromatic N) is 1. The first-order valence-electron chi connectivity index (χ1n) is 12.0. The number of carboxylic acid groups (broad SMARTS) is 1. The topological polar surface area (TPSA) is 122 Å². The second kappa shape index (κ2) is 17.8. The Labute approximate surface area is 204 Å². The fraction of sp³-hybridized carbons (Fsp3) is 0.680. The van der Waals surface area contributed by atoms with Gasteiger partial charge in [-0.1, -0.05) is 13.0 Å². The van der Waals surface area contributed by atoms with Crippen LogP contribution in [0.25, 0.3) is 0 Å². The summed E-state index contributed by atoms with van der Waals surface area (Å²) in [6.07, 6.45) is 8.02. The van der Waals surface area contributed by atoms with Gasteiger partial charge in [0.1, 0.15) is 6.29 Å². The van der Waals surface area contributed by atoms with Crippen molar-refractivity contribution in [1.29, 1.82) is 0 Å². The number of rotatable bonds is 20. The van der Waals surface area contributed by atoms with Crippen molar-refractivity contribution in [3.8, 4) is 0 Å². The Kier molecular flexibility index (Phi) is 16.4. The summed E-state index contributed by atoms with van der Waals surface area (Å²) in [6.45, 7) is 8.94. The lowest BCUT2D eigenvalue weighted by molar-refractivity contribution is -0.915. The number of hydrogen-bond acceptors (Lipinski definition) is 6. The Morgan fingerprint density at radius 1 is 1.06 bits per heavy atom. The van der Waals surface area contributed by atoms with Gasteiger partial charge in [0.2, 0.25) is 5.91 Å². The van der Waals surface area contributed by atoms with Gasteiger partial charge in [0, 0.05) is 49.7 Å². The second-order valence-electron chi connectivity index (χ2n) is 9.22. The van der Waals surface area contributed by atoms with Gasteiger partial charge in [0.25, 0.3) is 0 Å². The Morgan fingerprint density at radius 3 is 2.38 bits per heavy atom. The quantitative estimate of drug-likeness (QED) is 0.0801. The highest BCUT2D eigenvalue weighted by molar-refractivity contribution is 5.92. The fourth-order valence-corrected chi connectivity index (χ4v) is 3.45. The smallest absolute Gasteiger partial charge is 0.333 e. The molecule has 0 spiro atoms. The van der Waals surface area contributed by atoms with Crippen molar-refractivity contribution < 1.29 is 33.5 Å². The molecule has 0 saturated carbocycles. The summed E-state index contributed by atoms with van der Waals surface area (Å²) >= 11 is 0. The highest BCUT2D eigenvalue weighted by Crippen LogP contribution is 2.19. The van der Waals surface area contributed by atoms with Crippen LogP contribution in [0.15, 0.2) is 23.9 Å². The van der Waals surface area contributed by atoms with E-state index in [0.717, 1.165) is 44.9 Å². The Hall–Kier alpha value is -2.68. The molecule has 1 amide bonds. The highest BCUT2D eigenvalue weighted by Gasteiger charge is 2.29. The maximum atomic E-state index is 12.3. The monoisotopic (exact) mass is 482 g/mol. The summed E-state index contributed by atoms with van der Waals surface area (Å²) in [4.78, 5) is 45.3. The molecule has 194 valence electrons. The molecule has 9 heteroatoms. The summed E-state index contributed by atoms with van der Waals surface area (Å²) in [7, 11) is 4.06. The van der Waals surface area contributed by atoms with Gasteiger partial charge in [-0.3, -0.25) is 9.59 Å². The number of esters is 1. The summed E-state index contributed by atoms with van der Waals surface area (Å²) in [5.41, 5.74) is 0.915. The molecular weight excluding hydrogens is 438 g/mol. The van der Waals surface area contributed by atoms with Crippen LogP contribution >= 0.6 is 0 Å². The molecule has 0 aromatic heterocycles. The number of ether oxygens (including phenoxy) is 1. The number of unbranched alkanes of at least 4 members (excludes halogenated alkanes) is 3. The van der Waals surface area contributed by atoms with Gasteiger partial charge >= 0.3 is 11.9 Å². The number of hydrogen-bond donors (Lipinski definition) is 3. The van der Waals surface area contributed by atoms with E-state index in [1.807, 2.05) is 14.1 Å². The van der Waals surface area contributed by atoms with Gasteiger partial charge in [-0.25, -0.2) is 4.79 Å². The van der Waals surface area contributed by atoms with Crippen LogP contribution in [0.5, 0.6) is 0 Å². The Bertz CT molecular complexity index is 703. The predicted molar refractivity (Wildman–Crippen MR) is 132 cm³/mol. The average molecular weight is 483 g/mol. The molecule has 3 N–H and O–H groups in total. The molecule has 0 aliphatic rings. The average Bonchev–Trinajstić information content (AvgIpc) is 2.77. The third kappa shape index (κ3) is 15.2. The minimum absolute atomic E-state index is 0.00932. The molecule has 0 rings (SSSR count). The molecular formula is C25H44N3O6+. The fourth-order valence-electron chi connectivity index (χ4n) is 3.45. The first-order chi connectivity index (χ1) is 16.0. The normalized spacial score (nSPS) is 12.5. The van der Waals surface area contributed by atoms with Gasteiger partial charge in [-0.15, -0.1) is 0 Å². The molecule has 0 bridgehead atoms. The van der Waals surface area contributed by atoms with Gasteiger partial charge < -0.3 is 29.8 Å². The van der Waals surface area contributed by atoms with Crippen LogP contribution < -0.4 is 10.6 Å². The summed E-state index contributed by atoms with van der Waals surface area (Å²) in [6, 6.07) is -0.00932. The zero-order valence-electron chi connectivity index (χ0n) is 21.4. The van der Waals surface area contributed by atoms with Crippen molar-refractivity contribution >= 4 is 24.1 Å². The van der Waals surface area contributed by atoms with Crippen molar-refractivity contribution in [1.82, 2.24) is 10.6 Å². The lowest BCUT2D eigenvalue weighted by atomic mass is 10.0. The molecule has 1 atom stereocenters. The number of carboxylic acids is 1. The van der Waals surface area contributed by atoms with E-state index >= 15 is 0 Å². The minimum atomic E-state index is -0.806. The lowest BCUT2D eigenvalue weighted by Gasteiger charge is -2.38. The molecule has 0 saturated heterocycles. The van der Waals surface area contributed by atoms with E-state index in [4.69, 9.17) is 4.74 Å². The zero-order chi connectivity index (χ0) is 26.0. The SMILES string of the molecule is C=C(C)C(=O)OCCCNC=C(C)C(=O)NCCC[N+](C)(C)C(CCCCCC=O)CC(=O)O. The first-order valence-corrected chi connectivity index (χ1v) is 12.0. The second-order valence-corrected chi connectivity index (χ2v) is 9.22. The number of quaternary nitrogens is 1. The van der Waals surface area contributed by atoms with Crippen molar-refractivity contribution in [2.24, 2.45) is 0 Å². The van der Waals surface area contributed by atoms with E-state index < -0.39 is 11.9 Å². The number of carbonyl (C=O) groups excluding carboxylic acids is 3. The number of aldehydes is 1. The van der Waals surface area contributed by atoms with E-state index in [0.29, 0.717) is 41.6 Å². The molecule has 0 fully saturated rings. The third-order valence-electron chi connectivity index (χ3n) is 5.68. The standard InChI is InChI=1S/C25H43N3O6/c1-20(2)25(33)34-17-11-13-26-19-21(3)24(32)27-14-10-15-28(4,5)22(18-23(30)31)12-8-6-7-9-16-29/h16,19,22H,1,6-15,17-18H2,2-5H3,(H2-,26,27,30,31,32)/p+1. The molecule has 1 unspecified atom stereocenters. The van der Waals surface area contributed by atoms with Gasteiger partial charge in [0.15, 0.2) is 0 Å². The number of amides is 1. The van der Waals surface area contributed by atoms with Crippen LogP contribution in [0.4, 0.5) is 0 Å². The van der Waals surface area contributed by atoms with Crippen molar-refractivity contribution in [3.05, 3.63) is 23.9 Å². The van der Waals surface area contributed by atoms with Crippen molar-refractivity contribution in [2.45, 2.75) is 71.3 Å². The van der Waals surface area contributed by atoms with Crippen LogP contribution in [0.1, 0.15) is 65.2 Å².